The van der Waals surface area contributed by atoms with E-state index in [4.69, 9.17) is 4.98 Å². The van der Waals surface area contributed by atoms with Crippen molar-refractivity contribution in [1.82, 2.24) is 9.97 Å². The Kier molecular flexibility index (Phi) is 5.30. The first-order valence-electron chi connectivity index (χ1n) is 11.0. The fourth-order valence-electron chi connectivity index (χ4n) is 4.91. The van der Waals surface area contributed by atoms with Gasteiger partial charge in [-0.2, -0.15) is 13.2 Å². The smallest absolute Gasteiger partial charge is 0.366 e. The van der Waals surface area contributed by atoms with Crippen molar-refractivity contribution in [2.45, 2.75) is 37.9 Å². The standard InChI is InChI=1S/C22H25F3N6O/c23-22(24,25)15-5-3-12-30(13-15)19-9-8-17-20(28-19)31(16-6-4-11-29(17)14-16)21(32)27-18-7-1-2-10-26-18/h1-2,7-10,15-16H,3-6,11-14H2,(H,26,27,32)/t15?,16-/m1/s1. The van der Waals surface area contributed by atoms with E-state index >= 15 is 0 Å². The molecule has 3 aliphatic heterocycles. The molecule has 0 radical (unpaired) electrons. The Morgan fingerprint density at radius 1 is 1.03 bits per heavy atom. The lowest BCUT2D eigenvalue weighted by Gasteiger charge is -2.46. The molecule has 10 heteroatoms. The Bertz CT molecular complexity index is 985. The number of fused-ring (bicyclic) bond motifs is 4. The summed E-state index contributed by atoms with van der Waals surface area (Å²) in [5.74, 6) is 0.0637. The summed E-state index contributed by atoms with van der Waals surface area (Å²) >= 11 is 0. The summed E-state index contributed by atoms with van der Waals surface area (Å²) in [6.45, 7) is 2.00. The Balaban J connectivity index is 1.47. The summed E-state index contributed by atoms with van der Waals surface area (Å²) < 4.78 is 39.9. The topological polar surface area (TPSA) is 64.6 Å². The number of nitrogens with zero attached hydrogens (tertiary/aromatic N) is 5. The van der Waals surface area contributed by atoms with E-state index in [-0.39, 0.29) is 25.0 Å². The fourth-order valence-corrected chi connectivity index (χ4v) is 4.91. The van der Waals surface area contributed by atoms with Gasteiger partial charge in [0.05, 0.1) is 17.6 Å². The number of urea groups is 1. The number of rotatable bonds is 2. The maximum absolute atomic E-state index is 13.3. The minimum Gasteiger partial charge on any atom is -0.366 e. The van der Waals surface area contributed by atoms with Gasteiger partial charge < -0.3 is 9.80 Å². The van der Waals surface area contributed by atoms with Crippen molar-refractivity contribution in [3.8, 4) is 0 Å². The molecule has 1 N–H and O–H groups in total. The minimum absolute atomic E-state index is 0.0491. The Morgan fingerprint density at radius 3 is 2.62 bits per heavy atom. The van der Waals surface area contributed by atoms with Crippen LogP contribution in [-0.2, 0) is 0 Å². The maximum Gasteiger partial charge on any atom is 0.393 e. The highest BCUT2D eigenvalue weighted by Gasteiger charge is 2.43. The van der Waals surface area contributed by atoms with E-state index in [1.54, 1.807) is 40.3 Å². The average Bonchev–Trinajstić information content (AvgIpc) is 2.79. The summed E-state index contributed by atoms with van der Waals surface area (Å²) in [6.07, 6.45) is -0.215. The normalized spacial score (nSPS) is 23.0. The van der Waals surface area contributed by atoms with Gasteiger partial charge in [-0.15, -0.1) is 0 Å². The number of piperidine rings is 2. The van der Waals surface area contributed by atoms with Crippen LogP contribution in [0.3, 0.4) is 0 Å². The number of carbonyl (C=O) groups is 1. The molecule has 0 aliphatic carbocycles. The minimum atomic E-state index is -4.22. The highest BCUT2D eigenvalue weighted by atomic mass is 19.4. The van der Waals surface area contributed by atoms with E-state index in [2.05, 4.69) is 15.2 Å². The van der Waals surface area contributed by atoms with Crippen LogP contribution >= 0.6 is 0 Å². The van der Waals surface area contributed by atoms with E-state index in [1.807, 2.05) is 6.07 Å². The van der Waals surface area contributed by atoms with Gasteiger partial charge in [-0.05, 0) is 49.9 Å². The second-order valence-electron chi connectivity index (χ2n) is 8.60. The number of alkyl halides is 3. The first kappa shape index (κ1) is 20.8. The lowest BCUT2D eigenvalue weighted by molar-refractivity contribution is -0.176. The molecule has 2 atom stereocenters. The van der Waals surface area contributed by atoms with E-state index in [1.165, 1.54) is 0 Å². The van der Waals surface area contributed by atoms with Crippen molar-refractivity contribution in [3.63, 3.8) is 0 Å². The molecular formula is C22H25F3N6O. The zero-order valence-electron chi connectivity index (χ0n) is 17.6. The number of hydrogen-bond donors (Lipinski definition) is 1. The van der Waals surface area contributed by atoms with Gasteiger partial charge >= 0.3 is 12.2 Å². The molecule has 0 spiro atoms. The monoisotopic (exact) mass is 446 g/mol. The van der Waals surface area contributed by atoms with Gasteiger partial charge in [0.1, 0.15) is 11.6 Å². The number of amides is 2. The number of anilines is 4. The molecule has 32 heavy (non-hydrogen) atoms. The largest absolute Gasteiger partial charge is 0.393 e. The second-order valence-corrected chi connectivity index (χ2v) is 8.60. The SMILES string of the molecule is O=C(Nc1ccccn1)N1c2nc(N3CCCC(C(F)(F)F)C3)ccc2N2CCC[C@@H]1C2. The zero-order chi connectivity index (χ0) is 22.3. The third-order valence-electron chi connectivity index (χ3n) is 6.50. The number of hydrogen-bond acceptors (Lipinski definition) is 5. The molecule has 2 amide bonds. The van der Waals surface area contributed by atoms with Crippen LogP contribution in [0.25, 0.3) is 0 Å². The zero-order valence-corrected chi connectivity index (χ0v) is 17.6. The first-order valence-corrected chi connectivity index (χ1v) is 11.0. The number of aromatic nitrogens is 2. The van der Waals surface area contributed by atoms with E-state index in [9.17, 15) is 18.0 Å². The van der Waals surface area contributed by atoms with Crippen molar-refractivity contribution in [1.29, 1.82) is 0 Å². The van der Waals surface area contributed by atoms with Gasteiger partial charge in [-0.1, -0.05) is 6.07 Å². The molecule has 2 fully saturated rings. The van der Waals surface area contributed by atoms with Gasteiger partial charge in [0.2, 0.25) is 0 Å². The van der Waals surface area contributed by atoms with Crippen molar-refractivity contribution in [2.24, 2.45) is 5.92 Å². The molecule has 0 saturated carbocycles. The molecule has 0 aromatic carbocycles. The summed E-state index contributed by atoms with van der Waals surface area (Å²) in [5, 5.41) is 2.84. The predicted molar refractivity (Wildman–Crippen MR) is 116 cm³/mol. The van der Waals surface area contributed by atoms with E-state index in [0.717, 1.165) is 25.1 Å². The van der Waals surface area contributed by atoms with Crippen molar-refractivity contribution in [3.05, 3.63) is 36.5 Å². The van der Waals surface area contributed by atoms with Crippen LogP contribution in [0.1, 0.15) is 25.7 Å². The Hall–Kier alpha value is -3.04. The molecule has 2 saturated heterocycles. The average molecular weight is 446 g/mol. The van der Waals surface area contributed by atoms with Crippen LogP contribution in [0, 0.1) is 5.92 Å². The summed E-state index contributed by atoms with van der Waals surface area (Å²) in [4.78, 5) is 27.7. The van der Waals surface area contributed by atoms with Crippen molar-refractivity contribution < 1.29 is 18.0 Å². The van der Waals surface area contributed by atoms with Gasteiger partial charge in [0.15, 0.2) is 5.82 Å². The third-order valence-corrected chi connectivity index (χ3v) is 6.50. The molecule has 2 bridgehead atoms. The third kappa shape index (κ3) is 3.93. The van der Waals surface area contributed by atoms with Crippen molar-refractivity contribution in [2.75, 3.05) is 46.2 Å². The molecule has 3 aliphatic rings. The van der Waals surface area contributed by atoms with Crippen LogP contribution < -0.4 is 20.0 Å². The second kappa shape index (κ2) is 8.14. The van der Waals surface area contributed by atoms with Crippen LogP contribution in [-0.4, -0.2) is 54.4 Å². The van der Waals surface area contributed by atoms with Crippen LogP contribution in [0.5, 0.6) is 0 Å². The van der Waals surface area contributed by atoms with Crippen LogP contribution in [0.4, 0.5) is 41.1 Å². The summed E-state index contributed by atoms with van der Waals surface area (Å²) in [7, 11) is 0. The molecule has 5 heterocycles. The highest BCUT2D eigenvalue weighted by molar-refractivity contribution is 6.04. The molecule has 170 valence electrons. The molecule has 2 aromatic rings. The summed E-state index contributed by atoms with van der Waals surface area (Å²) in [5.41, 5.74) is 0.838. The number of pyridine rings is 2. The van der Waals surface area contributed by atoms with E-state index in [0.29, 0.717) is 37.0 Å². The van der Waals surface area contributed by atoms with Gasteiger partial charge in [-0.25, -0.2) is 14.8 Å². The molecule has 2 aromatic heterocycles. The predicted octanol–water partition coefficient (Wildman–Crippen LogP) is 4.28. The number of carbonyl (C=O) groups excluding carboxylic acids is 1. The quantitative estimate of drug-likeness (QED) is 0.746. The fraction of sp³-hybridized carbons (Fsp3) is 0.500. The number of halogens is 3. The lowest BCUT2D eigenvalue weighted by Crippen LogP contribution is -2.56. The molecule has 1 unspecified atom stereocenters. The van der Waals surface area contributed by atoms with Crippen LogP contribution in [0.2, 0.25) is 0 Å². The van der Waals surface area contributed by atoms with E-state index < -0.39 is 12.1 Å². The Morgan fingerprint density at radius 2 is 1.84 bits per heavy atom. The van der Waals surface area contributed by atoms with Gasteiger partial charge in [-0.3, -0.25) is 10.2 Å². The lowest BCUT2D eigenvalue weighted by atomic mass is 9.97. The molecule has 5 rings (SSSR count). The highest BCUT2D eigenvalue weighted by Crippen LogP contribution is 2.41. The molecular weight excluding hydrogens is 421 g/mol. The maximum atomic E-state index is 13.3. The summed E-state index contributed by atoms with van der Waals surface area (Å²) in [6, 6.07) is 8.56. The van der Waals surface area contributed by atoms with Crippen LogP contribution in [0.15, 0.2) is 36.5 Å². The van der Waals surface area contributed by atoms with Gasteiger partial charge in [0, 0.05) is 32.4 Å². The van der Waals surface area contributed by atoms with Gasteiger partial charge in [0.25, 0.3) is 0 Å². The Labute approximate surface area is 184 Å². The first-order chi connectivity index (χ1) is 15.4. The van der Waals surface area contributed by atoms with Crippen molar-refractivity contribution >= 4 is 29.2 Å². The molecule has 7 nitrogen and oxygen atoms in total. The number of nitrogens with one attached hydrogen (secondary N) is 1.